The van der Waals surface area contributed by atoms with E-state index in [1.807, 2.05) is 36.4 Å². The van der Waals surface area contributed by atoms with Gasteiger partial charge in [-0.05, 0) is 46.9 Å². The molecule has 3 nitrogen and oxygen atoms in total. The highest BCUT2D eigenvalue weighted by Gasteiger charge is 2.29. The van der Waals surface area contributed by atoms with E-state index in [0.717, 1.165) is 22.3 Å². The summed E-state index contributed by atoms with van der Waals surface area (Å²) in [6, 6.07) is 20.1. The first-order chi connectivity index (χ1) is 12.6. The second-order valence-corrected chi connectivity index (χ2v) is 8.57. The maximum absolute atomic E-state index is 13.3. The monoisotopic (exact) mass is 381 g/mol. The quantitative estimate of drug-likeness (QED) is 0.617. The molecule has 0 unspecified atom stereocenters. The fourth-order valence-electron chi connectivity index (χ4n) is 3.29. The van der Waals surface area contributed by atoms with Crippen molar-refractivity contribution in [1.82, 2.24) is 4.98 Å². The number of aromatic nitrogens is 1. The van der Waals surface area contributed by atoms with Crippen molar-refractivity contribution in [3.05, 3.63) is 99.7 Å². The number of hydrogen-bond acceptors (Lipinski definition) is 3. The zero-order valence-electron chi connectivity index (χ0n) is 13.9. The number of pyridine rings is 1. The normalized spacial score (nSPS) is 14.2. The predicted octanol–water partition coefficient (Wildman–Crippen LogP) is 4.72. The molecular weight excluding hydrogens is 366 g/mol. The highest BCUT2D eigenvalue weighted by atomic mass is 35.5. The minimum Gasteiger partial charge on any atom is -0.244 e. The lowest BCUT2D eigenvalue weighted by Gasteiger charge is -2.23. The van der Waals surface area contributed by atoms with Gasteiger partial charge in [0.15, 0.2) is 0 Å². The molecule has 1 heterocycles. The van der Waals surface area contributed by atoms with Crippen molar-refractivity contribution < 1.29 is 8.42 Å². The molecule has 0 atom stereocenters. The molecule has 2 aromatic carbocycles. The Hall–Kier alpha value is -2.43. The van der Waals surface area contributed by atoms with Crippen LogP contribution in [0.5, 0.6) is 0 Å². The van der Waals surface area contributed by atoms with Crippen molar-refractivity contribution in [2.75, 3.05) is 0 Å². The summed E-state index contributed by atoms with van der Waals surface area (Å²) in [5.74, 6) is 0. The number of fused-ring (bicyclic) bond motifs is 1. The lowest BCUT2D eigenvalue weighted by molar-refractivity contribution is 0.600. The summed E-state index contributed by atoms with van der Waals surface area (Å²) < 4.78 is 26.7. The van der Waals surface area contributed by atoms with Crippen LogP contribution < -0.4 is 0 Å². The second-order valence-electron chi connectivity index (χ2n) is 6.21. The van der Waals surface area contributed by atoms with Gasteiger partial charge in [-0.25, -0.2) is 13.4 Å². The molecule has 3 aromatic rings. The molecule has 26 heavy (non-hydrogen) atoms. The fourth-order valence-corrected chi connectivity index (χ4v) is 5.06. The number of halogens is 1. The molecule has 0 spiro atoms. The van der Waals surface area contributed by atoms with E-state index in [1.54, 1.807) is 36.5 Å². The first kappa shape index (κ1) is 17.0. The molecule has 1 aromatic heterocycles. The van der Waals surface area contributed by atoms with Gasteiger partial charge in [-0.2, -0.15) is 0 Å². The van der Waals surface area contributed by atoms with E-state index in [4.69, 9.17) is 11.6 Å². The van der Waals surface area contributed by atoms with Gasteiger partial charge in [0.2, 0.25) is 9.84 Å². The molecule has 0 fully saturated rings. The van der Waals surface area contributed by atoms with Gasteiger partial charge in [0.05, 0.1) is 9.80 Å². The van der Waals surface area contributed by atoms with Crippen LogP contribution in [0.2, 0.25) is 5.15 Å². The Kier molecular flexibility index (Phi) is 4.39. The van der Waals surface area contributed by atoms with Gasteiger partial charge >= 0.3 is 0 Å². The Morgan fingerprint density at radius 2 is 1.46 bits per heavy atom. The summed E-state index contributed by atoms with van der Waals surface area (Å²) in [6.07, 6.45) is 2.58. The fraction of sp³-hybridized carbons (Fsp3) is 0.0952. The number of allylic oxidation sites excluding steroid dienone is 2. The molecule has 0 saturated heterocycles. The molecule has 4 rings (SSSR count). The molecule has 0 amide bonds. The molecule has 1 aliphatic rings. The molecule has 130 valence electrons. The number of rotatable bonds is 3. The average molecular weight is 382 g/mol. The second kappa shape index (κ2) is 6.71. The van der Waals surface area contributed by atoms with Gasteiger partial charge in [0.25, 0.3) is 0 Å². The van der Waals surface area contributed by atoms with E-state index < -0.39 is 9.84 Å². The third kappa shape index (κ3) is 3.06. The maximum atomic E-state index is 13.3. The standard InChI is InChI=1S/C21H16ClNO2S/c22-21-11-10-17(14-23-21)19-12-15-6-4-5-7-16(15)13-20(19)26(24,25)18-8-2-1-3-9-18/h1-11,14H,12-13H2. The largest absolute Gasteiger partial charge is 0.244 e. The Balaban J connectivity index is 1.92. The first-order valence-electron chi connectivity index (χ1n) is 8.26. The maximum Gasteiger partial charge on any atom is 0.203 e. The predicted molar refractivity (Wildman–Crippen MR) is 104 cm³/mol. The topological polar surface area (TPSA) is 47.0 Å². The van der Waals surface area contributed by atoms with Crippen LogP contribution in [0, 0.1) is 0 Å². The number of sulfone groups is 1. The molecule has 0 aliphatic heterocycles. The summed E-state index contributed by atoms with van der Waals surface area (Å²) >= 11 is 5.91. The van der Waals surface area contributed by atoms with Gasteiger partial charge in [0.1, 0.15) is 5.15 Å². The number of hydrogen-bond donors (Lipinski definition) is 0. The van der Waals surface area contributed by atoms with Gasteiger partial charge in [-0.15, -0.1) is 0 Å². The number of nitrogens with zero attached hydrogens (tertiary/aromatic N) is 1. The van der Waals surface area contributed by atoms with Crippen molar-refractivity contribution >= 4 is 27.0 Å². The molecular formula is C21H16ClNO2S. The molecule has 1 aliphatic carbocycles. The third-order valence-corrected chi connectivity index (χ3v) is 6.78. The zero-order chi connectivity index (χ0) is 18.1. The zero-order valence-corrected chi connectivity index (χ0v) is 15.5. The minimum atomic E-state index is -3.59. The van der Waals surface area contributed by atoms with E-state index in [9.17, 15) is 8.42 Å². The van der Waals surface area contributed by atoms with Gasteiger partial charge in [0, 0.05) is 12.6 Å². The highest BCUT2D eigenvalue weighted by molar-refractivity contribution is 7.95. The van der Waals surface area contributed by atoms with Crippen LogP contribution in [-0.2, 0) is 22.7 Å². The highest BCUT2D eigenvalue weighted by Crippen LogP contribution is 2.37. The van der Waals surface area contributed by atoms with Crippen LogP contribution in [0.3, 0.4) is 0 Å². The molecule has 0 N–H and O–H groups in total. The SMILES string of the molecule is O=S(=O)(C1=C(c2ccc(Cl)nc2)Cc2ccccc2C1)c1ccccc1. The van der Waals surface area contributed by atoms with Crippen molar-refractivity contribution in [2.45, 2.75) is 17.7 Å². The lowest BCUT2D eigenvalue weighted by atomic mass is 9.88. The van der Waals surface area contributed by atoms with Crippen molar-refractivity contribution in [1.29, 1.82) is 0 Å². The van der Waals surface area contributed by atoms with E-state index in [-0.39, 0.29) is 0 Å². The molecule has 5 heteroatoms. The van der Waals surface area contributed by atoms with Crippen LogP contribution in [0.25, 0.3) is 5.57 Å². The van der Waals surface area contributed by atoms with Crippen molar-refractivity contribution in [3.63, 3.8) is 0 Å². The number of benzene rings is 2. The van der Waals surface area contributed by atoms with Gasteiger partial charge in [-0.1, -0.05) is 60.1 Å². The molecule has 0 saturated carbocycles. The van der Waals surface area contributed by atoms with Crippen LogP contribution in [0.4, 0.5) is 0 Å². The Morgan fingerprint density at radius 3 is 2.12 bits per heavy atom. The summed E-state index contributed by atoms with van der Waals surface area (Å²) in [7, 11) is -3.59. The summed E-state index contributed by atoms with van der Waals surface area (Å²) in [5, 5.41) is 0.387. The van der Waals surface area contributed by atoms with Crippen LogP contribution in [0.15, 0.2) is 82.7 Å². The Morgan fingerprint density at radius 1 is 0.808 bits per heavy atom. The van der Waals surface area contributed by atoms with Gasteiger partial charge in [-0.3, -0.25) is 0 Å². The molecule has 0 bridgehead atoms. The van der Waals surface area contributed by atoms with Crippen molar-refractivity contribution in [3.8, 4) is 0 Å². The summed E-state index contributed by atoms with van der Waals surface area (Å²) in [5.41, 5.74) is 3.77. The van der Waals surface area contributed by atoms with E-state index in [1.165, 1.54) is 0 Å². The van der Waals surface area contributed by atoms with E-state index in [2.05, 4.69) is 4.98 Å². The van der Waals surface area contributed by atoms with E-state index in [0.29, 0.717) is 27.8 Å². The lowest BCUT2D eigenvalue weighted by Crippen LogP contribution is -2.16. The molecule has 0 radical (unpaired) electrons. The van der Waals surface area contributed by atoms with Crippen LogP contribution in [0.1, 0.15) is 16.7 Å². The summed E-state index contributed by atoms with van der Waals surface area (Å²) in [4.78, 5) is 4.89. The Labute approximate surface area is 157 Å². The van der Waals surface area contributed by atoms with Crippen molar-refractivity contribution in [2.24, 2.45) is 0 Å². The first-order valence-corrected chi connectivity index (χ1v) is 10.1. The Bertz CT molecular complexity index is 1090. The minimum absolute atomic E-state index is 0.314. The van der Waals surface area contributed by atoms with Gasteiger partial charge < -0.3 is 0 Å². The van der Waals surface area contributed by atoms with E-state index >= 15 is 0 Å². The third-order valence-electron chi connectivity index (χ3n) is 4.63. The van der Waals surface area contributed by atoms with Crippen LogP contribution >= 0.6 is 11.6 Å². The summed E-state index contributed by atoms with van der Waals surface area (Å²) in [6.45, 7) is 0. The smallest absolute Gasteiger partial charge is 0.203 e. The van der Waals surface area contributed by atoms with Crippen LogP contribution in [-0.4, -0.2) is 13.4 Å². The average Bonchev–Trinajstić information content (AvgIpc) is 2.68.